The fraction of sp³-hybridized carbons (Fsp3) is 0.0769. The highest BCUT2D eigenvalue weighted by atomic mass is 19.1. The lowest BCUT2D eigenvalue weighted by atomic mass is 10.1. The first-order chi connectivity index (χ1) is 15.6. The zero-order valence-electron chi connectivity index (χ0n) is 17.2. The number of hydrogen-bond donors (Lipinski definition) is 1. The lowest BCUT2D eigenvalue weighted by Crippen LogP contribution is -2.30. The molecule has 1 aliphatic heterocycles. The van der Waals surface area contributed by atoms with Crippen molar-refractivity contribution < 1.29 is 14.0 Å². The molecule has 158 valence electrons. The van der Waals surface area contributed by atoms with Gasteiger partial charge in [-0.25, -0.2) is 9.18 Å². The first-order valence-corrected chi connectivity index (χ1v) is 10.3. The Bertz CT molecular complexity index is 1340. The minimum absolute atomic E-state index is 0.217. The van der Waals surface area contributed by atoms with Gasteiger partial charge in [-0.3, -0.25) is 9.69 Å². The van der Waals surface area contributed by atoms with Crippen molar-refractivity contribution in [3.05, 3.63) is 113 Å². The normalized spacial score (nSPS) is 15.0. The van der Waals surface area contributed by atoms with Gasteiger partial charge in [0.1, 0.15) is 11.5 Å². The molecule has 0 aliphatic carbocycles. The van der Waals surface area contributed by atoms with Crippen molar-refractivity contribution in [1.82, 2.24) is 14.8 Å². The predicted molar refractivity (Wildman–Crippen MR) is 121 cm³/mol. The number of imide groups is 1. The van der Waals surface area contributed by atoms with Crippen LogP contribution in [0, 0.1) is 5.82 Å². The average molecular weight is 425 g/mol. The molecule has 0 unspecified atom stereocenters. The fourth-order valence-electron chi connectivity index (χ4n) is 3.94. The Balaban J connectivity index is 1.46. The summed E-state index contributed by atoms with van der Waals surface area (Å²) in [5.74, 6) is -0.624. The standard InChI is InChI=1S/C26H20FN3O2/c27-21-12-10-19(11-13-21)15-29-17-20(22-8-4-5-9-24(22)29)14-23-25(31)30(26(32)28-23)16-18-6-2-1-3-7-18/h1-14,17H,15-16H2,(H,28,32). The zero-order chi connectivity index (χ0) is 22.1. The Morgan fingerprint density at radius 2 is 1.50 bits per heavy atom. The monoisotopic (exact) mass is 425 g/mol. The largest absolute Gasteiger partial charge is 0.342 e. The van der Waals surface area contributed by atoms with Crippen molar-refractivity contribution in [1.29, 1.82) is 0 Å². The molecule has 6 heteroatoms. The van der Waals surface area contributed by atoms with Crippen LogP contribution >= 0.6 is 0 Å². The summed E-state index contributed by atoms with van der Waals surface area (Å²) in [6, 6.07) is 23.2. The summed E-state index contributed by atoms with van der Waals surface area (Å²) in [6.45, 7) is 0.777. The minimum Gasteiger partial charge on any atom is -0.342 e. The Hall–Kier alpha value is -4.19. The SMILES string of the molecule is O=C1NC(=Cc2cn(Cc3ccc(F)cc3)c3ccccc23)C(=O)N1Cc1ccccc1. The highest BCUT2D eigenvalue weighted by molar-refractivity contribution is 6.14. The third kappa shape index (κ3) is 3.78. The smallest absolute Gasteiger partial charge is 0.329 e. The minimum atomic E-state index is -0.430. The molecule has 1 aliphatic rings. The number of halogens is 1. The third-order valence-corrected chi connectivity index (χ3v) is 5.53. The number of aromatic nitrogens is 1. The fourth-order valence-corrected chi connectivity index (χ4v) is 3.94. The molecule has 32 heavy (non-hydrogen) atoms. The number of carbonyl (C=O) groups excluding carboxylic acids is 2. The van der Waals surface area contributed by atoms with Crippen molar-refractivity contribution in [2.24, 2.45) is 0 Å². The summed E-state index contributed by atoms with van der Waals surface area (Å²) in [5.41, 5.74) is 3.91. The summed E-state index contributed by atoms with van der Waals surface area (Å²) in [4.78, 5) is 26.6. The van der Waals surface area contributed by atoms with Crippen LogP contribution in [0.2, 0.25) is 0 Å². The van der Waals surface area contributed by atoms with Gasteiger partial charge in [0.15, 0.2) is 0 Å². The molecular weight excluding hydrogens is 405 g/mol. The number of rotatable bonds is 5. The average Bonchev–Trinajstić information content (AvgIpc) is 3.28. The second-order valence-electron chi connectivity index (χ2n) is 7.72. The molecule has 0 bridgehead atoms. The molecule has 0 atom stereocenters. The summed E-state index contributed by atoms with van der Waals surface area (Å²) >= 11 is 0. The molecule has 0 spiro atoms. The summed E-state index contributed by atoms with van der Waals surface area (Å²) in [5, 5.41) is 3.66. The van der Waals surface area contributed by atoms with E-state index in [-0.39, 0.29) is 24.0 Å². The van der Waals surface area contributed by atoms with E-state index in [2.05, 4.69) is 9.88 Å². The van der Waals surface area contributed by atoms with Gasteiger partial charge < -0.3 is 9.88 Å². The highest BCUT2D eigenvalue weighted by Gasteiger charge is 2.33. The molecule has 1 fully saturated rings. The maximum Gasteiger partial charge on any atom is 0.329 e. The summed E-state index contributed by atoms with van der Waals surface area (Å²) < 4.78 is 15.3. The van der Waals surface area contributed by atoms with Gasteiger partial charge in [0.25, 0.3) is 5.91 Å². The third-order valence-electron chi connectivity index (χ3n) is 5.53. The zero-order valence-corrected chi connectivity index (χ0v) is 17.2. The number of nitrogens with one attached hydrogen (secondary N) is 1. The van der Waals surface area contributed by atoms with Crippen LogP contribution in [0.15, 0.2) is 90.8 Å². The van der Waals surface area contributed by atoms with Crippen LogP contribution in [-0.4, -0.2) is 21.4 Å². The Morgan fingerprint density at radius 1 is 0.812 bits per heavy atom. The van der Waals surface area contributed by atoms with Crippen molar-refractivity contribution in [3.63, 3.8) is 0 Å². The molecule has 5 rings (SSSR count). The van der Waals surface area contributed by atoms with Crippen LogP contribution in [0.4, 0.5) is 9.18 Å². The van der Waals surface area contributed by atoms with Crippen LogP contribution in [0.25, 0.3) is 17.0 Å². The molecule has 3 amide bonds. The molecule has 1 N–H and O–H groups in total. The van der Waals surface area contributed by atoms with Crippen LogP contribution in [0.3, 0.4) is 0 Å². The predicted octanol–water partition coefficient (Wildman–Crippen LogP) is 4.92. The topological polar surface area (TPSA) is 54.3 Å². The summed E-state index contributed by atoms with van der Waals surface area (Å²) in [6.07, 6.45) is 3.66. The van der Waals surface area contributed by atoms with Crippen LogP contribution < -0.4 is 5.32 Å². The quantitative estimate of drug-likeness (QED) is 0.364. The number of nitrogens with zero attached hydrogens (tertiary/aromatic N) is 2. The van der Waals surface area contributed by atoms with E-state index in [4.69, 9.17) is 0 Å². The molecule has 0 saturated carbocycles. The molecule has 4 aromatic rings. The van der Waals surface area contributed by atoms with Crippen LogP contribution in [0.1, 0.15) is 16.7 Å². The lowest BCUT2D eigenvalue weighted by molar-refractivity contribution is -0.123. The number of benzene rings is 3. The second-order valence-corrected chi connectivity index (χ2v) is 7.72. The Labute approximate surface area is 184 Å². The van der Waals surface area contributed by atoms with Crippen molar-refractivity contribution in [2.45, 2.75) is 13.1 Å². The van der Waals surface area contributed by atoms with Crippen LogP contribution in [0.5, 0.6) is 0 Å². The van der Waals surface area contributed by atoms with Gasteiger partial charge in [0, 0.05) is 29.2 Å². The number of carbonyl (C=O) groups is 2. The molecule has 0 radical (unpaired) electrons. The number of para-hydroxylation sites is 1. The summed E-state index contributed by atoms with van der Waals surface area (Å²) in [7, 11) is 0. The van der Waals surface area contributed by atoms with Crippen molar-refractivity contribution in [3.8, 4) is 0 Å². The Kier molecular flexibility index (Phi) is 5.03. The highest BCUT2D eigenvalue weighted by Crippen LogP contribution is 2.26. The first kappa shape index (κ1) is 19.8. The number of fused-ring (bicyclic) bond motifs is 1. The molecule has 2 heterocycles. The van der Waals surface area contributed by atoms with E-state index in [0.29, 0.717) is 6.54 Å². The van der Waals surface area contributed by atoms with Gasteiger partial charge in [-0.2, -0.15) is 0 Å². The van der Waals surface area contributed by atoms with E-state index in [1.54, 1.807) is 18.2 Å². The first-order valence-electron chi connectivity index (χ1n) is 10.3. The van der Waals surface area contributed by atoms with E-state index in [0.717, 1.165) is 27.6 Å². The maximum absolute atomic E-state index is 13.3. The van der Waals surface area contributed by atoms with E-state index < -0.39 is 6.03 Å². The van der Waals surface area contributed by atoms with E-state index in [9.17, 15) is 14.0 Å². The number of amides is 3. The molecule has 3 aromatic carbocycles. The lowest BCUT2D eigenvalue weighted by Gasteiger charge is -2.11. The number of hydrogen-bond acceptors (Lipinski definition) is 2. The molecule has 1 aromatic heterocycles. The van der Waals surface area contributed by atoms with Crippen molar-refractivity contribution in [2.75, 3.05) is 0 Å². The van der Waals surface area contributed by atoms with Gasteiger partial charge in [-0.05, 0) is 35.4 Å². The Morgan fingerprint density at radius 3 is 2.28 bits per heavy atom. The van der Waals surface area contributed by atoms with Gasteiger partial charge in [0.2, 0.25) is 0 Å². The van der Waals surface area contributed by atoms with Crippen molar-refractivity contribution >= 4 is 28.9 Å². The van der Waals surface area contributed by atoms with E-state index >= 15 is 0 Å². The van der Waals surface area contributed by atoms with Gasteiger partial charge in [-0.1, -0.05) is 60.7 Å². The van der Waals surface area contributed by atoms with Crippen LogP contribution in [-0.2, 0) is 17.9 Å². The molecule has 5 nitrogen and oxygen atoms in total. The van der Waals surface area contributed by atoms with Gasteiger partial charge >= 0.3 is 6.03 Å². The van der Waals surface area contributed by atoms with Gasteiger partial charge in [0.05, 0.1) is 6.54 Å². The van der Waals surface area contributed by atoms with E-state index in [1.807, 2.05) is 60.8 Å². The second kappa shape index (κ2) is 8.15. The maximum atomic E-state index is 13.3. The molecular formula is C26H20FN3O2. The van der Waals surface area contributed by atoms with Gasteiger partial charge in [-0.15, -0.1) is 0 Å². The van der Waals surface area contributed by atoms with E-state index in [1.165, 1.54) is 17.0 Å². The number of urea groups is 1. The molecule has 1 saturated heterocycles.